The number of unbranched alkanes of at least 4 members (excludes halogenated alkanes) is 41. The molecule has 0 fully saturated rings. The predicted octanol–water partition coefficient (Wildman–Crippen LogP) is 20.8. The first kappa shape index (κ1) is 89.1. The minimum atomic E-state index is -4.95. The van der Waals surface area contributed by atoms with Crippen LogP contribution < -0.4 is 0 Å². The number of ether oxygens (including phenoxy) is 4. The molecule has 17 nitrogen and oxygen atoms in total. The molecule has 0 aliphatic carbocycles. The number of carbonyl (C=O) groups excluding carboxylic acids is 4. The van der Waals surface area contributed by atoms with Gasteiger partial charge < -0.3 is 33.8 Å². The van der Waals surface area contributed by atoms with Gasteiger partial charge in [0.1, 0.15) is 19.3 Å². The fourth-order valence-corrected chi connectivity index (χ4v) is 12.5. The van der Waals surface area contributed by atoms with Crippen molar-refractivity contribution >= 4 is 39.5 Å². The van der Waals surface area contributed by atoms with E-state index in [0.29, 0.717) is 31.6 Å². The van der Waals surface area contributed by atoms with E-state index in [-0.39, 0.29) is 25.7 Å². The van der Waals surface area contributed by atoms with Crippen molar-refractivity contribution in [3.63, 3.8) is 0 Å². The maximum atomic E-state index is 13.0. The summed E-state index contributed by atoms with van der Waals surface area (Å²) in [5, 5.41) is 10.6. The Kier molecular flexibility index (Phi) is 62.7. The van der Waals surface area contributed by atoms with Gasteiger partial charge in [-0.05, 0) is 37.5 Å². The van der Waals surface area contributed by atoms with Gasteiger partial charge in [0.05, 0.1) is 26.4 Å². The van der Waals surface area contributed by atoms with Gasteiger partial charge in [-0.2, -0.15) is 0 Å². The molecule has 19 heteroatoms. The second-order valence-corrected chi connectivity index (χ2v) is 29.8. The highest BCUT2D eigenvalue weighted by molar-refractivity contribution is 7.47. The van der Waals surface area contributed by atoms with Crippen LogP contribution in [0.1, 0.15) is 369 Å². The van der Waals surface area contributed by atoms with Crippen molar-refractivity contribution < 1.29 is 80.2 Å². The molecule has 0 spiro atoms. The number of aliphatic hydroxyl groups excluding tert-OH is 1. The summed E-state index contributed by atoms with van der Waals surface area (Å²) in [7, 11) is -9.90. The van der Waals surface area contributed by atoms with E-state index in [2.05, 4.69) is 41.5 Å². The highest BCUT2D eigenvalue weighted by atomic mass is 31.2. The van der Waals surface area contributed by atoms with Gasteiger partial charge in [-0.25, -0.2) is 9.13 Å². The van der Waals surface area contributed by atoms with Crippen LogP contribution in [0.2, 0.25) is 0 Å². The minimum absolute atomic E-state index is 0.102. The molecular formula is C72H140O17P2. The molecule has 0 heterocycles. The zero-order chi connectivity index (χ0) is 67.2. The van der Waals surface area contributed by atoms with Gasteiger partial charge in [0.25, 0.3) is 0 Å². The number of aliphatic hydroxyl groups is 1. The van der Waals surface area contributed by atoms with Gasteiger partial charge in [0.2, 0.25) is 0 Å². The summed E-state index contributed by atoms with van der Waals surface area (Å²) in [4.78, 5) is 72.5. The van der Waals surface area contributed by atoms with Crippen molar-refractivity contribution in [3.05, 3.63) is 0 Å². The first-order chi connectivity index (χ1) is 43.9. The maximum absolute atomic E-state index is 13.0. The van der Waals surface area contributed by atoms with Gasteiger partial charge in [-0.15, -0.1) is 0 Å². The van der Waals surface area contributed by atoms with Crippen LogP contribution in [0.3, 0.4) is 0 Å². The first-order valence-corrected chi connectivity index (χ1v) is 40.5. The molecule has 91 heavy (non-hydrogen) atoms. The standard InChI is InChI=1S/C72H140O17P2/c1-7-9-11-13-15-17-18-19-20-21-22-23-24-25-26-29-33-37-44-50-56-71(76)88-67(60-83-70(75)55-49-43-36-32-30-27-28-31-34-40-46-52-64(3)4)62-86-90(78,79)84-58-66(73)59-85-91(80,81)87-63-68(61-82-69(74)54-48-42-35-16-14-12-10-8-2)89-72(77)57-51-45-39-38-41-47-53-65(5)6/h64-68,73H,7-63H2,1-6H3,(H,78,79)(H,80,81)/t66-,67-,68-/m1/s1. The van der Waals surface area contributed by atoms with Crippen LogP contribution >= 0.6 is 15.6 Å². The molecule has 0 aromatic rings. The number of rotatable bonds is 71. The minimum Gasteiger partial charge on any atom is -0.462 e. The van der Waals surface area contributed by atoms with E-state index in [9.17, 15) is 43.2 Å². The van der Waals surface area contributed by atoms with Gasteiger partial charge in [-0.3, -0.25) is 37.3 Å². The van der Waals surface area contributed by atoms with Crippen molar-refractivity contribution in [1.82, 2.24) is 0 Å². The molecule has 0 saturated heterocycles. The molecule has 0 radical (unpaired) electrons. The number of esters is 4. The van der Waals surface area contributed by atoms with Crippen molar-refractivity contribution in [3.8, 4) is 0 Å². The zero-order valence-corrected chi connectivity index (χ0v) is 60.9. The lowest BCUT2D eigenvalue weighted by molar-refractivity contribution is -0.161. The lowest BCUT2D eigenvalue weighted by Gasteiger charge is -2.21. The largest absolute Gasteiger partial charge is 0.472 e. The molecular weight excluding hydrogens is 1200 g/mol. The third kappa shape index (κ3) is 66.5. The van der Waals surface area contributed by atoms with E-state index in [4.69, 9.17) is 37.0 Å². The Labute approximate surface area is 556 Å². The summed E-state index contributed by atoms with van der Waals surface area (Å²) in [5.41, 5.74) is 0. The van der Waals surface area contributed by atoms with Gasteiger partial charge >= 0.3 is 39.5 Å². The number of phosphoric ester groups is 2. The summed E-state index contributed by atoms with van der Waals surface area (Å²) < 4.78 is 68.2. The van der Waals surface area contributed by atoms with E-state index < -0.39 is 97.5 Å². The molecule has 3 N–H and O–H groups in total. The normalized spacial score (nSPS) is 14.1. The average Bonchev–Trinajstić information content (AvgIpc) is 3.29. The summed E-state index contributed by atoms with van der Waals surface area (Å²) in [6.07, 6.45) is 50.3. The van der Waals surface area contributed by atoms with E-state index in [1.807, 2.05) is 0 Å². The average molecular weight is 1340 g/mol. The Morgan fingerprint density at radius 1 is 0.297 bits per heavy atom. The first-order valence-electron chi connectivity index (χ1n) is 37.5. The molecule has 0 bridgehead atoms. The van der Waals surface area contributed by atoms with E-state index in [1.54, 1.807) is 0 Å². The summed E-state index contributed by atoms with van der Waals surface area (Å²) in [6, 6.07) is 0. The van der Waals surface area contributed by atoms with E-state index in [1.165, 1.54) is 180 Å². The SMILES string of the molecule is CCCCCCCCCCCCCCCCCCCCCCC(=O)O[C@H](COC(=O)CCCCCCCCCCCCCC(C)C)COP(=O)(O)OC[C@@H](O)COP(=O)(O)OC[C@@H](COC(=O)CCCCCCCCCC)OC(=O)CCCCCCCCC(C)C. The second kappa shape index (κ2) is 64.1. The Hall–Kier alpha value is -1.94. The Balaban J connectivity index is 5.17. The third-order valence-electron chi connectivity index (χ3n) is 16.7. The number of phosphoric acid groups is 2. The van der Waals surface area contributed by atoms with Crippen molar-refractivity contribution in [2.24, 2.45) is 11.8 Å². The number of carbonyl (C=O) groups is 4. The fourth-order valence-electron chi connectivity index (χ4n) is 10.9. The van der Waals surface area contributed by atoms with Crippen LogP contribution in [-0.4, -0.2) is 96.7 Å². The van der Waals surface area contributed by atoms with Gasteiger partial charge in [-0.1, -0.05) is 318 Å². The van der Waals surface area contributed by atoms with Crippen LogP contribution in [0.4, 0.5) is 0 Å². The molecule has 540 valence electrons. The zero-order valence-electron chi connectivity index (χ0n) is 59.1. The van der Waals surface area contributed by atoms with Crippen molar-refractivity contribution in [2.75, 3.05) is 39.6 Å². The molecule has 5 atom stereocenters. The van der Waals surface area contributed by atoms with E-state index >= 15 is 0 Å². The quantitative estimate of drug-likeness (QED) is 0.0222. The lowest BCUT2D eigenvalue weighted by atomic mass is 10.0. The van der Waals surface area contributed by atoms with Gasteiger partial charge in [0, 0.05) is 25.7 Å². The Bertz CT molecular complexity index is 1770. The molecule has 0 aliphatic heterocycles. The Morgan fingerprint density at radius 3 is 0.747 bits per heavy atom. The van der Waals surface area contributed by atoms with Crippen molar-refractivity contribution in [1.29, 1.82) is 0 Å². The molecule has 2 unspecified atom stereocenters. The Morgan fingerprint density at radius 2 is 0.505 bits per heavy atom. The van der Waals surface area contributed by atoms with E-state index in [0.717, 1.165) is 102 Å². The van der Waals surface area contributed by atoms with Crippen LogP contribution in [0.15, 0.2) is 0 Å². The highest BCUT2D eigenvalue weighted by Gasteiger charge is 2.30. The predicted molar refractivity (Wildman–Crippen MR) is 368 cm³/mol. The van der Waals surface area contributed by atoms with Crippen LogP contribution in [-0.2, 0) is 65.4 Å². The summed E-state index contributed by atoms with van der Waals surface area (Å²) in [5.74, 6) is -0.689. The molecule has 0 saturated carbocycles. The third-order valence-corrected chi connectivity index (χ3v) is 18.6. The molecule has 0 aromatic heterocycles. The van der Waals surface area contributed by atoms with Crippen molar-refractivity contribution in [2.45, 2.75) is 387 Å². The molecule has 0 aliphatic rings. The van der Waals surface area contributed by atoms with Crippen LogP contribution in [0.5, 0.6) is 0 Å². The smallest absolute Gasteiger partial charge is 0.462 e. The summed E-state index contributed by atoms with van der Waals surface area (Å²) >= 11 is 0. The summed E-state index contributed by atoms with van der Waals surface area (Å²) in [6.45, 7) is 9.44. The highest BCUT2D eigenvalue weighted by Crippen LogP contribution is 2.45. The number of hydrogen-bond acceptors (Lipinski definition) is 15. The topological polar surface area (TPSA) is 237 Å². The van der Waals surface area contributed by atoms with Crippen LogP contribution in [0.25, 0.3) is 0 Å². The van der Waals surface area contributed by atoms with Gasteiger partial charge in [0.15, 0.2) is 12.2 Å². The monoisotopic (exact) mass is 1340 g/mol. The maximum Gasteiger partial charge on any atom is 0.472 e. The molecule has 0 rings (SSSR count). The second-order valence-electron chi connectivity index (χ2n) is 26.9. The number of hydrogen-bond donors (Lipinski definition) is 3. The van der Waals surface area contributed by atoms with Crippen LogP contribution in [0, 0.1) is 11.8 Å². The fraction of sp³-hybridized carbons (Fsp3) is 0.944. The lowest BCUT2D eigenvalue weighted by Crippen LogP contribution is -2.30. The molecule has 0 amide bonds. The molecule has 0 aromatic carbocycles.